The van der Waals surface area contributed by atoms with Crippen molar-refractivity contribution < 1.29 is 67.2 Å². The number of rotatable bonds is 5. The number of hydrogen-bond donors (Lipinski definition) is 0. The summed E-state index contributed by atoms with van der Waals surface area (Å²) < 4.78 is 456. The molecule has 0 saturated carbocycles. The second-order valence-electron chi connectivity index (χ2n) is 14.3. The van der Waals surface area contributed by atoms with Crippen LogP contribution in [0.15, 0.2) is 187 Å². The Kier molecular flexibility index (Phi) is 2.55. The van der Waals surface area contributed by atoms with Crippen molar-refractivity contribution in [1.82, 2.24) is 0 Å². The third kappa shape index (κ3) is 5.15. The van der Waals surface area contributed by atoms with Crippen molar-refractivity contribution in [2.45, 2.75) is 57.4 Å². The molecule has 0 unspecified atom stereocenters. The minimum absolute atomic E-state index is 0.131. The van der Waals surface area contributed by atoms with Gasteiger partial charge in [0.25, 0.3) is 0 Å². The first-order valence-electron chi connectivity index (χ1n) is 42.7. The van der Waals surface area contributed by atoms with E-state index < -0.39 is 362 Å². The first-order chi connectivity index (χ1) is 50.5. The van der Waals surface area contributed by atoms with Gasteiger partial charge in [-0.1, -0.05) is 186 Å². The predicted octanol–water partition coefficient (Wildman–Crippen LogP) is 16.6. The van der Waals surface area contributed by atoms with Crippen molar-refractivity contribution in [1.29, 1.82) is 0 Å². The molecule has 3 aliphatic rings. The maximum atomic E-state index is 10.3. The third-order valence-corrected chi connectivity index (χ3v) is 10.8. The summed E-state index contributed by atoms with van der Waals surface area (Å²) in [4.78, 5) is -0.131. The fraction of sp³-hybridized carbons (Fsp3) is 0.148. The Hall–Kier alpha value is -6.96. The monoisotopic (exact) mass is 845 g/mol. The van der Waals surface area contributed by atoms with Gasteiger partial charge in [0.15, 0.2) is 0 Å². The SMILES string of the molecule is [2H]c1c([2H])c([2H])c2c(c1[2H])-c1c([2H])c(-c3c(-c4c([2H])c([2H])c(N(c5c([2H])c([2H])c6c(c5[2H])C(C([2H])([2H])[2H])(C([2H])([2H])[2H])c5c([2H])c([2H])c([2H])c([2H])c5-6)c5c([2H])c([2H])c6c(c5[2H])C(C([2H])([2H])[2H])(C([2H])([2H])[2H])c5c([2H])c([2H])c([2H])c([2H])c5-6)c([2H])c4[2H])c([2H])c([2H])c4c([2H])c([2H])c([2H])c([2H])c34)c([2H])c([2H])c1C2(C([2H])([2H])[2H])C([2H])([2H])[2H]. The highest BCUT2D eigenvalue weighted by Gasteiger charge is 2.38. The minimum Gasteiger partial charge on any atom is -0.310 e. The maximum Gasteiger partial charge on any atom is 0.0648 e. The lowest BCUT2D eigenvalue weighted by atomic mass is 9.81. The van der Waals surface area contributed by atoms with Crippen LogP contribution < -0.4 is 4.90 Å². The van der Waals surface area contributed by atoms with Crippen LogP contribution in [0.4, 0.5) is 17.1 Å². The van der Waals surface area contributed by atoms with Gasteiger partial charge < -0.3 is 4.90 Å². The zero-order valence-corrected chi connectivity index (χ0v) is 30.9. The topological polar surface area (TPSA) is 3.24 Å². The molecule has 9 aromatic rings. The summed E-state index contributed by atoms with van der Waals surface area (Å²) in [6.45, 7) is -25.1. The molecule has 0 fully saturated rings. The summed E-state index contributed by atoms with van der Waals surface area (Å²) in [7, 11) is 0. The van der Waals surface area contributed by atoms with E-state index in [4.69, 9.17) is 43.9 Å². The zero-order chi connectivity index (χ0) is 84.1. The molecular weight excluding hydrogens is 747 g/mol. The maximum absolute atomic E-state index is 10.3. The van der Waals surface area contributed by atoms with Crippen molar-refractivity contribution in [3.63, 3.8) is 0 Å². The number of nitrogens with zero attached hydrogens (tertiary/aromatic N) is 1. The molecule has 0 radical (unpaired) electrons. The van der Waals surface area contributed by atoms with E-state index >= 15 is 0 Å². The van der Waals surface area contributed by atoms with Crippen LogP contribution in [0.25, 0.3) is 66.4 Å². The van der Waals surface area contributed by atoms with Crippen molar-refractivity contribution in [2.75, 3.05) is 4.90 Å². The van der Waals surface area contributed by atoms with Gasteiger partial charge in [-0.2, -0.15) is 0 Å². The molecule has 0 bridgehead atoms. The van der Waals surface area contributed by atoms with Gasteiger partial charge in [-0.3, -0.25) is 0 Å². The zero-order valence-electron chi connectivity index (χ0n) is 79.9. The first kappa shape index (κ1) is 12.1. The molecule has 0 saturated heterocycles. The molecule has 0 atom stereocenters. The average molecular weight is 845 g/mol. The van der Waals surface area contributed by atoms with Crippen LogP contribution in [0.3, 0.4) is 0 Å². The van der Waals surface area contributed by atoms with Gasteiger partial charge in [-0.15, -0.1) is 0 Å². The highest BCUT2D eigenvalue weighted by molar-refractivity contribution is 6.05. The minimum atomic E-state index is -4.26. The average Bonchev–Trinajstić information content (AvgIpc) is 1.51. The number of benzene rings is 9. The largest absolute Gasteiger partial charge is 0.310 e. The summed E-state index contributed by atoms with van der Waals surface area (Å²) in [6.07, 6.45) is 0. The van der Waals surface area contributed by atoms with Crippen LogP contribution in [0.5, 0.6) is 0 Å². The fourth-order valence-electron chi connectivity index (χ4n) is 7.89. The Labute approximate surface area is 434 Å². The smallest absolute Gasteiger partial charge is 0.0648 e. The van der Waals surface area contributed by atoms with E-state index in [2.05, 4.69) is 0 Å². The summed E-state index contributed by atoms with van der Waals surface area (Å²) in [6, 6.07) is -45.2. The number of anilines is 3. The van der Waals surface area contributed by atoms with E-state index in [-0.39, 0.29) is 4.90 Å². The second-order valence-corrected chi connectivity index (χ2v) is 14.3. The van der Waals surface area contributed by atoms with Crippen molar-refractivity contribution >= 4 is 27.8 Å². The fourth-order valence-corrected chi connectivity index (χ4v) is 7.89. The molecule has 62 heavy (non-hydrogen) atoms. The lowest BCUT2D eigenvalue weighted by Crippen LogP contribution is -2.18. The van der Waals surface area contributed by atoms with Gasteiger partial charge in [0.2, 0.25) is 0 Å². The Morgan fingerprint density at radius 3 is 1.35 bits per heavy atom. The number of fused-ring (bicyclic) bond motifs is 10. The first-order valence-corrected chi connectivity index (χ1v) is 18.2. The lowest BCUT2D eigenvalue weighted by Gasteiger charge is -2.30. The van der Waals surface area contributed by atoms with Gasteiger partial charge >= 0.3 is 0 Å². The van der Waals surface area contributed by atoms with Crippen LogP contribution in [0.2, 0.25) is 0 Å². The van der Waals surface area contributed by atoms with Crippen molar-refractivity contribution in [3.8, 4) is 55.6 Å². The van der Waals surface area contributed by atoms with Gasteiger partial charge in [-0.25, -0.2) is 0 Å². The quantitative estimate of drug-likeness (QED) is 0.167. The molecular formula is C61H49N. The van der Waals surface area contributed by atoms with E-state index in [0.29, 0.717) is 0 Å². The molecule has 0 heterocycles. The van der Waals surface area contributed by atoms with Crippen molar-refractivity contribution in [2.24, 2.45) is 0 Å². The number of hydrogen-bond acceptors (Lipinski definition) is 1. The molecule has 3 aliphatic carbocycles. The predicted molar refractivity (Wildman–Crippen MR) is 262 cm³/mol. The normalized spacial score (nSPS) is 27.8. The third-order valence-electron chi connectivity index (χ3n) is 10.8. The Morgan fingerprint density at radius 1 is 0.339 bits per heavy atom. The summed E-state index contributed by atoms with van der Waals surface area (Å²) in [5.41, 5.74) is -38.0. The molecule has 1 nitrogen and oxygen atoms in total. The van der Waals surface area contributed by atoms with E-state index in [0.717, 1.165) is 0 Å². The highest BCUT2D eigenvalue weighted by Crippen LogP contribution is 2.54. The molecule has 0 N–H and O–H groups in total. The van der Waals surface area contributed by atoms with Crippen LogP contribution in [0, 0.1) is 0 Å². The van der Waals surface area contributed by atoms with Gasteiger partial charge in [0.1, 0.15) is 0 Å². The molecule has 0 aromatic heterocycles. The van der Waals surface area contributed by atoms with E-state index in [1.807, 2.05) is 0 Å². The molecule has 0 spiro atoms. The Bertz CT molecular complexity index is 5580. The van der Waals surface area contributed by atoms with E-state index in [9.17, 15) is 23.3 Å². The molecule has 0 aliphatic heterocycles. The summed E-state index contributed by atoms with van der Waals surface area (Å²) in [5.74, 6) is 0. The van der Waals surface area contributed by atoms with E-state index in [1.54, 1.807) is 0 Å². The lowest BCUT2D eigenvalue weighted by molar-refractivity contribution is 0.660. The highest BCUT2D eigenvalue weighted by atomic mass is 15.1. The van der Waals surface area contributed by atoms with Gasteiger partial charge in [-0.05, 0) is 142 Å². The molecule has 298 valence electrons. The molecule has 1 heteroatoms. The standard InChI is InChI=1S/C61H49N/c1-59(2)54-22-14-11-19-48(54)51-35-40(26-34-55(51)59)58-44-16-8-7-15-38(44)25-31-45(58)39-23-27-41(28-24-39)62(42-29-32-49-46-17-9-12-20-52(46)60(3,4)56(49)36-42)43-30-33-50-47-18-10-13-21-53(47)61(5,6)57(50)37-43/h7-37H,1-6H3/i1D3,2D3,3D3,4D3,5D3,6D3,7D,8D,9D,10D,11D,12D,13D,14D,15D,16D,17D,18D,19D,20D,21D,22D,23D,24D,25D,26D,27D,28D,29D,30D,31D,32D,33D,34D,35D,36D,37D. The van der Waals surface area contributed by atoms with Crippen LogP contribution >= 0.6 is 0 Å². The van der Waals surface area contributed by atoms with Crippen LogP contribution in [-0.2, 0) is 16.2 Å². The summed E-state index contributed by atoms with van der Waals surface area (Å²) >= 11 is 0. The van der Waals surface area contributed by atoms with Crippen LogP contribution in [-0.4, -0.2) is 0 Å². The van der Waals surface area contributed by atoms with Crippen LogP contribution in [0.1, 0.15) is 142 Å². The Balaban J connectivity index is 1.35. The Morgan fingerprint density at radius 2 is 0.774 bits per heavy atom. The van der Waals surface area contributed by atoms with E-state index in [1.165, 1.54) is 0 Å². The van der Waals surface area contributed by atoms with Gasteiger partial charge in [0.05, 0.1) is 42.5 Å². The second kappa shape index (κ2) is 13.0. The molecule has 0 amide bonds. The van der Waals surface area contributed by atoms with Crippen molar-refractivity contribution in [3.05, 3.63) is 221 Å². The van der Waals surface area contributed by atoms with Gasteiger partial charge in [0, 0.05) is 58.0 Å². The summed E-state index contributed by atoms with van der Waals surface area (Å²) in [5, 5.41) is -2.17. The molecule has 9 aromatic carbocycles. The molecule has 12 rings (SSSR count).